The third-order valence-corrected chi connectivity index (χ3v) is 5.68. The number of rotatable bonds is 6. The first kappa shape index (κ1) is 17.5. The second kappa shape index (κ2) is 7.78. The first-order chi connectivity index (χ1) is 13.2. The number of hydrogen-bond acceptors (Lipinski definition) is 2. The highest BCUT2D eigenvalue weighted by Gasteiger charge is 2.51. The van der Waals surface area contributed by atoms with E-state index in [1.165, 1.54) is 0 Å². The molecular formula is C23H24N2O2. The van der Waals surface area contributed by atoms with Crippen LogP contribution in [0.25, 0.3) is 0 Å². The van der Waals surface area contributed by atoms with Crippen molar-refractivity contribution in [1.82, 2.24) is 10.6 Å². The van der Waals surface area contributed by atoms with Crippen LogP contribution < -0.4 is 10.6 Å². The molecule has 0 heterocycles. The predicted octanol–water partition coefficient (Wildman–Crippen LogP) is 3.06. The third-order valence-electron chi connectivity index (χ3n) is 5.68. The molecule has 1 fully saturated rings. The number of nitrogens with one attached hydrogen (secondary N) is 2. The zero-order chi connectivity index (χ0) is 18.6. The molecule has 2 aliphatic rings. The van der Waals surface area contributed by atoms with Crippen molar-refractivity contribution < 1.29 is 9.59 Å². The number of carbonyl (C=O) groups is 2. The van der Waals surface area contributed by atoms with Crippen molar-refractivity contribution in [1.29, 1.82) is 0 Å². The fraction of sp³-hybridized carbons (Fsp3) is 0.304. The summed E-state index contributed by atoms with van der Waals surface area (Å²) < 4.78 is 0. The van der Waals surface area contributed by atoms with Crippen LogP contribution in [-0.2, 0) is 22.7 Å². The Morgan fingerprint density at radius 2 is 1.11 bits per heavy atom. The van der Waals surface area contributed by atoms with E-state index in [-0.39, 0.29) is 35.5 Å². The fourth-order valence-electron chi connectivity index (χ4n) is 4.34. The Morgan fingerprint density at radius 3 is 1.52 bits per heavy atom. The molecule has 27 heavy (non-hydrogen) atoms. The van der Waals surface area contributed by atoms with E-state index in [4.69, 9.17) is 0 Å². The minimum atomic E-state index is -0.278. The molecule has 4 atom stereocenters. The predicted molar refractivity (Wildman–Crippen MR) is 104 cm³/mol. The van der Waals surface area contributed by atoms with Crippen molar-refractivity contribution in [2.24, 2.45) is 23.7 Å². The molecule has 2 amide bonds. The smallest absolute Gasteiger partial charge is 0.224 e. The van der Waals surface area contributed by atoms with Crippen LogP contribution in [0.1, 0.15) is 17.5 Å². The van der Waals surface area contributed by atoms with Gasteiger partial charge in [-0.3, -0.25) is 9.59 Å². The molecule has 0 radical (unpaired) electrons. The first-order valence-corrected chi connectivity index (χ1v) is 9.54. The summed E-state index contributed by atoms with van der Waals surface area (Å²) in [5.41, 5.74) is 2.13. The van der Waals surface area contributed by atoms with Gasteiger partial charge in [-0.05, 0) is 29.4 Å². The van der Waals surface area contributed by atoms with E-state index in [9.17, 15) is 9.59 Å². The normalized spacial score (nSPS) is 25.3. The number of amides is 2. The van der Waals surface area contributed by atoms with E-state index in [1.54, 1.807) is 0 Å². The van der Waals surface area contributed by atoms with E-state index >= 15 is 0 Å². The zero-order valence-corrected chi connectivity index (χ0v) is 15.2. The van der Waals surface area contributed by atoms with Crippen molar-refractivity contribution in [3.63, 3.8) is 0 Å². The quantitative estimate of drug-likeness (QED) is 0.778. The van der Waals surface area contributed by atoms with Crippen LogP contribution in [0.3, 0.4) is 0 Å². The Bertz CT molecular complexity index is 762. The lowest BCUT2D eigenvalue weighted by molar-refractivity contribution is -0.135. The highest BCUT2D eigenvalue weighted by atomic mass is 16.2. The Kier molecular flexibility index (Phi) is 5.05. The summed E-state index contributed by atoms with van der Waals surface area (Å²) >= 11 is 0. The number of hydrogen-bond donors (Lipinski definition) is 2. The molecule has 4 nitrogen and oxygen atoms in total. The summed E-state index contributed by atoms with van der Waals surface area (Å²) in [5, 5.41) is 6.06. The molecule has 0 spiro atoms. The molecule has 2 aliphatic carbocycles. The highest BCUT2D eigenvalue weighted by Crippen LogP contribution is 2.48. The van der Waals surface area contributed by atoms with Crippen molar-refractivity contribution in [2.45, 2.75) is 19.5 Å². The fourth-order valence-corrected chi connectivity index (χ4v) is 4.34. The van der Waals surface area contributed by atoms with E-state index in [2.05, 4.69) is 22.8 Å². The molecule has 1 saturated carbocycles. The van der Waals surface area contributed by atoms with Crippen LogP contribution in [0.15, 0.2) is 72.8 Å². The van der Waals surface area contributed by atoms with Crippen molar-refractivity contribution in [3.8, 4) is 0 Å². The number of carbonyl (C=O) groups excluding carboxylic acids is 2. The summed E-state index contributed by atoms with van der Waals surface area (Å²) in [4.78, 5) is 25.7. The zero-order valence-electron chi connectivity index (χ0n) is 15.2. The number of allylic oxidation sites excluding steroid dienone is 2. The van der Waals surface area contributed by atoms with Gasteiger partial charge in [0.05, 0.1) is 11.8 Å². The SMILES string of the molecule is O=C(NCc1ccccc1)[C@@H]1[C@H](C(=O)NCc2ccccc2)[C@H]2C=C[C@H]1C2. The second-order valence-electron chi connectivity index (χ2n) is 7.41. The molecule has 0 aliphatic heterocycles. The van der Waals surface area contributed by atoms with Gasteiger partial charge >= 0.3 is 0 Å². The molecule has 0 saturated heterocycles. The Balaban J connectivity index is 1.40. The van der Waals surface area contributed by atoms with Crippen molar-refractivity contribution in [2.75, 3.05) is 0 Å². The second-order valence-corrected chi connectivity index (χ2v) is 7.41. The monoisotopic (exact) mass is 360 g/mol. The van der Waals surface area contributed by atoms with Gasteiger partial charge < -0.3 is 10.6 Å². The molecule has 2 aromatic carbocycles. The topological polar surface area (TPSA) is 58.2 Å². The van der Waals surface area contributed by atoms with E-state index in [0.717, 1.165) is 17.5 Å². The average Bonchev–Trinajstić information content (AvgIpc) is 3.33. The van der Waals surface area contributed by atoms with Crippen LogP contribution in [0.4, 0.5) is 0 Å². The largest absolute Gasteiger partial charge is 0.352 e. The van der Waals surface area contributed by atoms with Crippen LogP contribution >= 0.6 is 0 Å². The molecule has 4 heteroatoms. The first-order valence-electron chi connectivity index (χ1n) is 9.54. The van der Waals surface area contributed by atoms with E-state index < -0.39 is 0 Å². The van der Waals surface area contributed by atoms with Crippen LogP contribution in [0.5, 0.6) is 0 Å². The van der Waals surface area contributed by atoms with E-state index in [1.807, 2.05) is 60.7 Å². The summed E-state index contributed by atoms with van der Waals surface area (Å²) in [5.74, 6) is -0.262. The Hall–Kier alpha value is -2.88. The molecule has 0 aromatic heterocycles. The van der Waals surface area contributed by atoms with Gasteiger partial charge in [-0.15, -0.1) is 0 Å². The number of benzene rings is 2. The van der Waals surface area contributed by atoms with Gasteiger partial charge in [-0.1, -0.05) is 72.8 Å². The molecule has 2 aromatic rings. The minimum Gasteiger partial charge on any atom is -0.352 e. The van der Waals surface area contributed by atoms with Crippen LogP contribution in [0, 0.1) is 23.7 Å². The third kappa shape index (κ3) is 3.80. The van der Waals surface area contributed by atoms with Gasteiger partial charge in [-0.25, -0.2) is 0 Å². The molecular weight excluding hydrogens is 336 g/mol. The van der Waals surface area contributed by atoms with Crippen LogP contribution in [-0.4, -0.2) is 11.8 Å². The number of fused-ring (bicyclic) bond motifs is 2. The molecule has 138 valence electrons. The lowest BCUT2D eigenvalue weighted by atomic mass is 9.81. The van der Waals surface area contributed by atoms with Gasteiger partial charge in [-0.2, -0.15) is 0 Å². The summed E-state index contributed by atoms with van der Waals surface area (Å²) in [6, 6.07) is 19.7. The maximum Gasteiger partial charge on any atom is 0.224 e. The van der Waals surface area contributed by atoms with Gasteiger partial charge in [0.1, 0.15) is 0 Å². The van der Waals surface area contributed by atoms with E-state index in [0.29, 0.717) is 13.1 Å². The van der Waals surface area contributed by atoms with Crippen molar-refractivity contribution >= 4 is 11.8 Å². The highest BCUT2D eigenvalue weighted by molar-refractivity contribution is 5.89. The molecule has 2 bridgehead atoms. The summed E-state index contributed by atoms with van der Waals surface area (Å²) in [7, 11) is 0. The van der Waals surface area contributed by atoms with Gasteiger partial charge in [0.15, 0.2) is 0 Å². The Morgan fingerprint density at radius 1 is 0.704 bits per heavy atom. The van der Waals surface area contributed by atoms with Gasteiger partial charge in [0.25, 0.3) is 0 Å². The molecule has 4 rings (SSSR count). The maximum atomic E-state index is 12.9. The van der Waals surface area contributed by atoms with Gasteiger partial charge in [0, 0.05) is 13.1 Å². The molecule has 2 N–H and O–H groups in total. The summed E-state index contributed by atoms with van der Waals surface area (Å²) in [6.45, 7) is 0.991. The lowest BCUT2D eigenvalue weighted by Gasteiger charge is -2.26. The van der Waals surface area contributed by atoms with Crippen LogP contribution in [0.2, 0.25) is 0 Å². The maximum absolute atomic E-state index is 12.9. The van der Waals surface area contributed by atoms with Gasteiger partial charge in [0.2, 0.25) is 11.8 Å². The lowest BCUT2D eigenvalue weighted by Crippen LogP contribution is -2.43. The Labute approximate surface area is 159 Å². The standard InChI is InChI=1S/C23H24N2O2/c26-22(24-14-16-7-3-1-4-8-16)20-18-11-12-19(13-18)21(20)23(27)25-15-17-9-5-2-6-10-17/h1-12,18-21H,13-15H2,(H,24,26)(H,25,27)/t18-,19-,20-,21+/m0/s1. The summed E-state index contributed by atoms with van der Waals surface area (Å²) in [6.07, 6.45) is 5.11. The van der Waals surface area contributed by atoms with Crippen molar-refractivity contribution in [3.05, 3.63) is 83.9 Å². The molecule has 0 unspecified atom stereocenters. The average molecular weight is 360 g/mol. The minimum absolute atomic E-state index is 0.0180.